The van der Waals surface area contributed by atoms with E-state index in [4.69, 9.17) is 0 Å². The van der Waals surface area contributed by atoms with Crippen LogP contribution in [0.3, 0.4) is 0 Å². The number of rotatable bonds is 6. The van der Waals surface area contributed by atoms with Crippen molar-refractivity contribution < 1.29 is 9.59 Å². The summed E-state index contributed by atoms with van der Waals surface area (Å²) in [5, 5.41) is 3.02. The van der Waals surface area contributed by atoms with E-state index in [0.717, 1.165) is 22.4 Å². The minimum Gasteiger partial charge on any atom is -0.354 e. The van der Waals surface area contributed by atoms with Gasteiger partial charge in [-0.05, 0) is 35.9 Å². The molecule has 1 aliphatic rings. The lowest BCUT2D eigenvalue weighted by molar-refractivity contribution is -0.126. The molecule has 0 radical (unpaired) electrons. The number of aromatic nitrogens is 4. The molecule has 162 valence electrons. The molecule has 4 aromatic rings. The molecule has 5 rings (SSSR count). The SMILES string of the molecule is Cn1c(CCNC(=O)C2Cn3cccc3C(=O)N2Cc2cccnc2)nc2ccccc21. The van der Waals surface area contributed by atoms with Crippen molar-refractivity contribution >= 4 is 22.8 Å². The van der Waals surface area contributed by atoms with E-state index in [9.17, 15) is 9.59 Å². The van der Waals surface area contributed by atoms with Gasteiger partial charge in [0.15, 0.2) is 0 Å². The van der Waals surface area contributed by atoms with Gasteiger partial charge in [0.25, 0.3) is 5.91 Å². The Labute approximate surface area is 185 Å². The quantitative estimate of drug-likeness (QED) is 0.510. The fourth-order valence-corrected chi connectivity index (χ4v) is 4.27. The minimum absolute atomic E-state index is 0.152. The number of pyridine rings is 1. The largest absolute Gasteiger partial charge is 0.354 e. The summed E-state index contributed by atoms with van der Waals surface area (Å²) in [6.45, 7) is 1.20. The Hall–Kier alpha value is -3.94. The van der Waals surface area contributed by atoms with Crippen molar-refractivity contribution in [1.29, 1.82) is 0 Å². The first-order valence-electron chi connectivity index (χ1n) is 10.6. The Morgan fingerprint density at radius 2 is 2.03 bits per heavy atom. The van der Waals surface area contributed by atoms with E-state index < -0.39 is 6.04 Å². The lowest BCUT2D eigenvalue weighted by atomic mass is 10.1. The van der Waals surface area contributed by atoms with Crippen molar-refractivity contribution in [2.75, 3.05) is 6.54 Å². The summed E-state index contributed by atoms with van der Waals surface area (Å²) in [6, 6.07) is 14.7. The van der Waals surface area contributed by atoms with Crippen molar-refractivity contribution in [2.24, 2.45) is 7.05 Å². The van der Waals surface area contributed by atoms with E-state index in [2.05, 4.69) is 15.3 Å². The summed E-state index contributed by atoms with van der Waals surface area (Å²) in [6.07, 6.45) is 5.86. The number of aryl methyl sites for hydroxylation is 1. The van der Waals surface area contributed by atoms with Crippen molar-refractivity contribution in [2.45, 2.75) is 25.6 Å². The Kier molecular flexibility index (Phi) is 5.18. The predicted molar refractivity (Wildman–Crippen MR) is 120 cm³/mol. The van der Waals surface area contributed by atoms with Crippen LogP contribution < -0.4 is 5.32 Å². The molecule has 1 aliphatic heterocycles. The average Bonchev–Trinajstić information content (AvgIpc) is 3.41. The first-order valence-corrected chi connectivity index (χ1v) is 10.6. The highest BCUT2D eigenvalue weighted by atomic mass is 16.2. The van der Waals surface area contributed by atoms with E-state index in [1.54, 1.807) is 23.4 Å². The monoisotopic (exact) mass is 428 g/mol. The van der Waals surface area contributed by atoms with Crippen molar-refractivity contribution in [3.63, 3.8) is 0 Å². The van der Waals surface area contributed by atoms with Crippen LogP contribution >= 0.6 is 0 Å². The van der Waals surface area contributed by atoms with Crippen LogP contribution in [-0.4, -0.2) is 48.4 Å². The second-order valence-corrected chi connectivity index (χ2v) is 7.97. The molecule has 0 bridgehead atoms. The molecule has 8 heteroatoms. The minimum atomic E-state index is -0.594. The van der Waals surface area contributed by atoms with Crippen LogP contribution in [0.15, 0.2) is 67.1 Å². The van der Waals surface area contributed by atoms with E-state index in [0.29, 0.717) is 31.7 Å². The molecule has 0 saturated carbocycles. The molecular formula is C24H24N6O2. The van der Waals surface area contributed by atoms with E-state index in [1.807, 2.05) is 64.8 Å². The van der Waals surface area contributed by atoms with Gasteiger partial charge >= 0.3 is 0 Å². The zero-order chi connectivity index (χ0) is 22.1. The molecule has 1 unspecified atom stereocenters. The van der Waals surface area contributed by atoms with Crippen LogP contribution in [0.4, 0.5) is 0 Å². The first-order chi connectivity index (χ1) is 15.6. The highest BCUT2D eigenvalue weighted by Gasteiger charge is 2.36. The number of fused-ring (bicyclic) bond motifs is 2. The van der Waals surface area contributed by atoms with Gasteiger partial charge in [0, 0.05) is 45.1 Å². The number of nitrogens with one attached hydrogen (secondary N) is 1. The number of carbonyl (C=O) groups is 2. The highest BCUT2D eigenvalue weighted by Crippen LogP contribution is 2.21. The maximum atomic E-state index is 13.2. The molecule has 1 atom stereocenters. The Balaban J connectivity index is 1.31. The summed E-state index contributed by atoms with van der Waals surface area (Å²) >= 11 is 0. The topological polar surface area (TPSA) is 85.0 Å². The van der Waals surface area contributed by atoms with Crippen molar-refractivity contribution in [3.05, 3.63) is 84.2 Å². The third kappa shape index (κ3) is 3.64. The third-order valence-corrected chi connectivity index (χ3v) is 5.96. The van der Waals surface area contributed by atoms with Crippen LogP contribution in [-0.2, 0) is 31.4 Å². The molecular weight excluding hydrogens is 404 g/mol. The number of hydrogen-bond acceptors (Lipinski definition) is 4. The normalized spacial score (nSPS) is 15.7. The lowest BCUT2D eigenvalue weighted by Crippen LogP contribution is -2.54. The molecule has 1 aromatic carbocycles. The van der Waals surface area contributed by atoms with Crippen molar-refractivity contribution in [1.82, 2.24) is 29.3 Å². The highest BCUT2D eigenvalue weighted by molar-refractivity contribution is 5.97. The van der Waals surface area contributed by atoms with Crippen LogP contribution in [0.25, 0.3) is 11.0 Å². The summed E-state index contributed by atoms with van der Waals surface area (Å²) < 4.78 is 3.89. The molecule has 1 N–H and O–H groups in total. The number of imidazole rings is 1. The molecule has 8 nitrogen and oxygen atoms in total. The molecule has 0 spiro atoms. The molecule has 32 heavy (non-hydrogen) atoms. The molecule has 0 aliphatic carbocycles. The zero-order valence-electron chi connectivity index (χ0n) is 17.8. The summed E-state index contributed by atoms with van der Waals surface area (Å²) in [5.74, 6) is 0.590. The van der Waals surface area contributed by atoms with Gasteiger partial charge in [0.2, 0.25) is 5.91 Å². The smallest absolute Gasteiger partial charge is 0.271 e. The summed E-state index contributed by atoms with van der Waals surface area (Å²) in [7, 11) is 1.98. The van der Waals surface area contributed by atoms with Gasteiger partial charge in [0.05, 0.1) is 17.6 Å². The third-order valence-electron chi connectivity index (χ3n) is 5.96. The Morgan fingerprint density at radius 1 is 1.16 bits per heavy atom. The van der Waals surface area contributed by atoms with Crippen LogP contribution in [0, 0.1) is 0 Å². The van der Waals surface area contributed by atoms with Crippen LogP contribution in [0.2, 0.25) is 0 Å². The van der Waals surface area contributed by atoms with Crippen LogP contribution in [0.1, 0.15) is 21.9 Å². The average molecular weight is 428 g/mol. The lowest BCUT2D eigenvalue weighted by Gasteiger charge is -2.35. The number of hydrogen-bond donors (Lipinski definition) is 1. The van der Waals surface area contributed by atoms with E-state index in [1.165, 1.54) is 0 Å². The Bertz CT molecular complexity index is 1280. The maximum absolute atomic E-state index is 13.2. The summed E-state index contributed by atoms with van der Waals surface area (Å²) in [5.41, 5.74) is 3.49. The zero-order valence-corrected chi connectivity index (χ0v) is 17.8. The van der Waals surface area contributed by atoms with Gasteiger partial charge in [-0.3, -0.25) is 14.6 Å². The maximum Gasteiger partial charge on any atom is 0.271 e. The summed E-state index contributed by atoms with van der Waals surface area (Å²) in [4.78, 5) is 36.7. The standard InChI is InChI=1S/C24H24N6O2/c1-28-19-8-3-2-7-18(19)27-22(28)10-12-26-23(31)21-16-29-13-5-9-20(29)24(32)30(21)15-17-6-4-11-25-14-17/h2-9,11,13-14,21H,10,12,15-16H2,1H3,(H,26,31). The van der Waals surface area contributed by atoms with Gasteiger partial charge in [0.1, 0.15) is 17.6 Å². The van der Waals surface area contributed by atoms with Gasteiger partial charge in [-0.2, -0.15) is 0 Å². The second kappa shape index (κ2) is 8.30. The van der Waals surface area contributed by atoms with Gasteiger partial charge < -0.3 is 19.4 Å². The molecule has 3 aromatic heterocycles. The number of carbonyl (C=O) groups excluding carboxylic acids is 2. The number of benzene rings is 1. The molecule has 0 fully saturated rings. The number of para-hydroxylation sites is 2. The Morgan fingerprint density at radius 3 is 2.84 bits per heavy atom. The van der Waals surface area contributed by atoms with Crippen LogP contribution in [0.5, 0.6) is 0 Å². The predicted octanol–water partition coefficient (Wildman–Crippen LogP) is 2.15. The molecule has 4 heterocycles. The van der Waals surface area contributed by atoms with Gasteiger partial charge in [-0.25, -0.2) is 4.98 Å². The number of nitrogens with zero attached hydrogens (tertiary/aromatic N) is 5. The fraction of sp³-hybridized carbons (Fsp3) is 0.250. The van der Waals surface area contributed by atoms with E-state index in [-0.39, 0.29) is 11.8 Å². The molecule has 0 saturated heterocycles. The van der Waals surface area contributed by atoms with Gasteiger partial charge in [-0.1, -0.05) is 18.2 Å². The molecule has 2 amide bonds. The first kappa shape index (κ1) is 20.0. The van der Waals surface area contributed by atoms with E-state index >= 15 is 0 Å². The van der Waals surface area contributed by atoms with Crippen molar-refractivity contribution in [3.8, 4) is 0 Å². The number of amides is 2. The van der Waals surface area contributed by atoms with Gasteiger partial charge in [-0.15, -0.1) is 0 Å². The second-order valence-electron chi connectivity index (χ2n) is 7.97. The fourth-order valence-electron chi connectivity index (χ4n) is 4.27.